The van der Waals surface area contributed by atoms with Crippen LogP contribution in [0.5, 0.6) is 0 Å². The molecule has 0 atom stereocenters. The van der Waals surface area contributed by atoms with Crippen molar-refractivity contribution in [3.63, 3.8) is 0 Å². The molecule has 0 aliphatic heterocycles. The first-order valence-electron chi connectivity index (χ1n) is 4.53. The Bertz CT molecular complexity index is 248. The highest BCUT2D eigenvalue weighted by atomic mass is 16.3. The lowest BCUT2D eigenvalue weighted by Gasteiger charge is -2.00. The van der Waals surface area contributed by atoms with Gasteiger partial charge in [0, 0.05) is 19.4 Å². The Balaban J connectivity index is 1.94. The van der Waals surface area contributed by atoms with Crippen molar-refractivity contribution in [2.24, 2.45) is 0 Å². The Hall–Kier alpha value is -1.27. The standard InChI is InChI=1S/C10H14N2O/c11-6-1-2-7-12-8-5-10-4-3-9-13-10/h3-4,9,12H,1-2,5,7-8H2. The Morgan fingerprint density at radius 3 is 3.08 bits per heavy atom. The largest absolute Gasteiger partial charge is 0.469 e. The first-order chi connectivity index (χ1) is 6.43. The SMILES string of the molecule is N#CCCCNCCc1ccco1. The molecule has 0 amide bonds. The van der Waals surface area contributed by atoms with Gasteiger partial charge in [-0.2, -0.15) is 5.26 Å². The number of rotatable bonds is 6. The predicted molar refractivity (Wildman–Crippen MR) is 50.1 cm³/mol. The zero-order valence-corrected chi connectivity index (χ0v) is 7.62. The fourth-order valence-corrected chi connectivity index (χ4v) is 1.08. The molecular formula is C10H14N2O. The number of nitrogens with one attached hydrogen (secondary N) is 1. The topological polar surface area (TPSA) is 49.0 Å². The van der Waals surface area contributed by atoms with Crippen molar-refractivity contribution in [1.29, 1.82) is 5.26 Å². The maximum Gasteiger partial charge on any atom is 0.105 e. The Kier molecular flexibility index (Phi) is 4.73. The molecule has 1 N–H and O–H groups in total. The van der Waals surface area contributed by atoms with Gasteiger partial charge < -0.3 is 9.73 Å². The first-order valence-corrected chi connectivity index (χ1v) is 4.53. The van der Waals surface area contributed by atoms with Crippen LogP contribution in [-0.2, 0) is 6.42 Å². The van der Waals surface area contributed by atoms with E-state index in [1.54, 1.807) is 6.26 Å². The van der Waals surface area contributed by atoms with E-state index in [0.29, 0.717) is 6.42 Å². The fourth-order valence-electron chi connectivity index (χ4n) is 1.08. The number of unbranched alkanes of at least 4 members (excludes halogenated alkanes) is 1. The summed E-state index contributed by atoms with van der Waals surface area (Å²) in [4.78, 5) is 0. The second-order valence-electron chi connectivity index (χ2n) is 2.84. The number of hydrogen-bond donors (Lipinski definition) is 1. The summed E-state index contributed by atoms with van der Waals surface area (Å²) in [5, 5.41) is 11.5. The Morgan fingerprint density at radius 1 is 1.46 bits per heavy atom. The molecule has 1 rings (SSSR count). The van der Waals surface area contributed by atoms with Crippen molar-refractivity contribution in [2.45, 2.75) is 19.3 Å². The molecule has 0 aliphatic rings. The lowest BCUT2D eigenvalue weighted by atomic mass is 10.3. The molecule has 0 aliphatic carbocycles. The quantitative estimate of drug-likeness (QED) is 0.675. The van der Waals surface area contributed by atoms with Crippen molar-refractivity contribution >= 4 is 0 Å². The minimum Gasteiger partial charge on any atom is -0.469 e. The van der Waals surface area contributed by atoms with E-state index in [4.69, 9.17) is 9.68 Å². The van der Waals surface area contributed by atoms with E-state index in [-0.39, 0.29) is 0 Å². The van der Waals surface area contributed by atoms with Crippen LogP contribution in [0.25, 0.3) is 0 Å². The molecular weight excluding hydrogens is 164 g/mol. The second kappa shape index (κ2) is 6.27. The molecule has 13 heavy (non-hydrogen) atoms. The third-order valence-corrected chi connectivity index (χ3v) is 1.77. The van der Waals surface area contributed by atoms with Crippen LogP contribution >= 0.6 is 0 Å². The van der Waals surface area contributed by atoms with Gasteiger partial charge in [0.2, 0.25) is 0 Å². The zero-order valence-electron chi connectivity index (χ0n) is 7.62. The highest BCUT2D eigenvalue weighted by Gasteiger charge is 1.93. The van der Waals surface area contributed by atoms with E-state index in [2.05, 4.69) is 11.4 Å². The van der Waals surface area contributed by atoms with Gasteiger partial charge in [-0.1, -0.05) is 0 Å². The molecule has 0 bridgehead atoms. The molecule has 1 aromatic rings. The van der Waals surface area contributed by atoms with Gasteiger partial charge in [-0.05, 0) is 25.1 Å². The molecule has 0 radical (unpaired) electrons. The highest BCUT2D eigenvalue weighted by Crippen LogP contribution is 1.99. The van der Waals surface area contributed by atoms with Crippen LogP contribution in [0, 0.1) is 11.3 Å². The number of hydrogen-bond acceptors (Lipinski definition) is 3. The minimum absolute atomic E-state index is 0.633. The Morgan fingerprint density at radius 2 is 2.38 bits per heavy atom. The molecule has 70 valence electrons. The van der Waals surface area contributed by atoms with Crippen LogP contribution in [0.15, 0.2) is 22.8 Å². The van der Waals surface area contributed by atoms with Crippen LogP contribution in [0.3, 0.4) is 0 Å². The smallest absolute Gasteiger partial charge is 0.105 e. The molecule has 3 nitrogen and oxygen atoms in total. The fraction of sp³-hybridized carbons (Fsp3) is 0.500. The lowest BCUT2D eigenvalue weighted by molar-refractivity contribution is 0.498. The van der Waals surface area contributed by atoms with E-state index in [1.807, 2.05) is 12.1 Å². The Labute approximate surface area is 78.4 Å². The second-order valence-corrected chi connectivity index (χ2v) is 2.84. The molecule has 0 fully saturated rings. The van der Waals surface area contributed by atoms with Gasteiger partial charge in [-0.3, -0.25) is 0 Å². The van der Waals surface area contributed by atoms with Gasteiger partial charge in [0.1, 0.15) is 5.76 Å². The van der Waals surface area contributed by atoms with Crippen LogP contribution in [0.2, 0.25) is 0 Å². The summed E-state index contributed by atoms with van der Waals surface area (Å²) < 4.78 is 5.17. The van der Waals surface area contributed by atoms with E-state index >= 15 is 0 Å². The monoisotopic (exact) mass is 178 g/mol. The third-order valence-electron chi connectivity index (χ3n) is 1.77. The molecule has 0 saturated heterocycles. The number of nitrogens with zero attached hydrogens (tertiary/aromatic N) is 1. The van der Waals surface area contributed by atoms with Gasteiger partial charge in [0.25, 0.3) is 0 Å². The van der Waals surface area contributed by atoms with Gasteiger partial charge in [0.15, 0.2) is 0 Å². The summed E-state index contributed by atoms with van der Waals surface area (Å²) in [7, 11) is 0. The first kappa shape index (κ1) is 9.82. The molecule has 1 heterocycles. The third kappa shape index (κ3) is 4.34. The normalized spacial score (nSPS) is 9.77. The average molecular weight is 178 g/mol. The van der Waals surface area contributed by atoms with E-state index in [9.17, 15) is 0 Å². The lowest BCUT2D eigenvalue weighted by Crippen LogP contribution is -2.18. The van der Waals surface area contributed by atoms with E-state index in [0.717, 1.165) is 31.7 Å². The van der Waals surface area contributed by atoms with Gasteiger partial charge in [0.05, 0.1) is 12.3 Å². The van der Waals surface area contributed by atoms with Crippen molar-refractivity contribution < 1.29 is 4.42 Å². The van der Waals surface area contributed by atoms with E-state index in [1.165, 1.54) is 0 Å². The van der Waals surface area contributed by atoms with E-state index < -0.39 is 0 Å². The van der Waals surface area contributed by atoms with Crippen LogP contribution in [-0.4, -0.2) is 13.1 Å². The average Bonchev–Trinajstić information content (AvgIpc) is 2.63. The van der Waals surface area contributed by atoms with Gasteiger partial charge >= 0.3 is 0 Å². The van der Waals surface area contributed by atoms with Crippen LogP contribution in [0.1, 0.15) is 18.6 Å². The zero-order chi connectivity index (χ0) is 9.36. The van der Waals surface area contributed by atoms with Gasteiger partial charge in [-0.25, -0.2) is 0 Å². The predicted octanol–water partition coefficient (Wildman–Crippen LogP) is 1.72. The molecule has 3 heteroatoms. The highest BCUT2D eigenvalue weighted by molar-refractivity contribution is 4.98. The summed E-state index contributed by atoms with van der Waals surface area (Å²) in [6.45, 7) is 1.83. The minimum atomic E-state index is 0.633. The number of nitriles is 1. The maximum atomic E-state index is 8.28. The van der Waals surface area contributed by atoms with Crippen LogP contribution in [0.4, 0.5) is 0 Å². The van der Waals surface area contributed by atoms with Crippen molar-refractivity contribution in [1.82, 2.24) is 5.32 Å². The van der Waals surface area contributed by atoms with Crippen molar-refractivity contribution in [3.8, 4) is 6.07 Å². The van der Waals surface area contributed by atoms with Crippen LogP contribution < -0.4 is 5.32 Å². The number of furan rings is 1. The summed E-state index contributed by atoms with van der Waals surface area (Å²) in [6.07, 6.45) is 4.16. The molecule has 0 unspecified atom stereocenters. The molecule has 1 aromatic heterocycles. The van der Waals surface area contributed by atoms with Gasteiger partial charge in [-0.15, -0.1) is 0 Å². The summed E-state index contributed by atoms with van der Waals surface area (Å²) in [6, 6.07) is 5.98. The molecule has 0 spiro atoms. The summed E-state index contributed by atoms with van der Waals surface area (Å²) in [5.74, 6) is 1.01. The maximum absolute atomic E-state index is 8.28. The molecule has 0 saturated carbocycles. The van der Waals surface area contributed by atoms with Crippen molar-refractivity contribution in [3.05, 3.63) is 24.2 Å². The van der Waals surface area contributed by atoms with Crippen molar-refractivity contribution in [2.75, 3.05) is 13.1 Å². The summed E-state index contributed by atoms with van der Waals surface area (Å²) >= 11 is 0. The summed E-state index contributed by atoms with van der Waals surface area (Å²) in [5.41, 5.74) is 0. The molecule has 0 aromatic carbocycles.